The molecule has 3 heterocycles. The van der Waals surface area contributed by atoms with Crippen molar-refractivity contribution in [3.05, 3.63) is 88.7 Å². The summed E-state index contributed by atoms with van der Waals surface area (Å²) < 4.78 is 0. The Balaban J connectivity index is 1.35. The van der Waals surface area contributed by atoms with Crippen LogP contribution in [0.4, 0.5) is 11.5 Å². The molecule has 0 radical (unpaired) electrons. The molecule has 10 heteroatoms. The second-order valence-corrected chi connectivity index (χ2v) is 11.3. The van der Waals surface area contributed by atoms with Crippen LogP contribution >= 0.6 is 11.3 Å². The van der Waals surface area contributed by atoms with Gasteiger partial charge in [0.15, 0.2) is 11.5 Å². The van der Waals surface area contributed by atoms with Gasteiger partial charge in [-0.15, -0.1) is 11.3 Å². The maximum atomic E-state index is 13.2. The number of rotatable bonds is 6. The summed E-state index contributed by atoms with van der Waals surface area (Å²) >= 11 is 1.34. The minimum atomic E-state index is -0.481. The number of hydrogen-bond donors (Lipinski definition) is 4. The van der Waals surface area contributed by atoms with E-state index in [1.165, 1.54) is 29.3 Å². The summed E-state index contributed by atoms with van der Waals surface area (Å²) in [4.78, 5) is 39.9. The van der Waals surface area contributed by atoms with Crippen molar-refractivity contribution >= 4 is 55.8 Å². The molecule has 3 aromatic heterocycles. The number of nitrogens with one attached hydrogen (secondary N) is 2. The summed E-state index contributed by atoms with van der Waals surface area (Å²) in [5.74, 6) is -0.681. The number of aromatic nitrogens is 3. The number of nitrogens with zero attached hydrogens (tertiary/aromatic N) is 3. The molecule has 0 spiro atoms. The Bertz CT molecular complexity index is 1710. The summed E-state index contributed by atoms with van der Waals surface area (Å²) in [5.41, 5.74) is 15.3. The summed E-state index contributed by atoms with van der Waals surface area (Å²) in [6.07, 6.45) is 2.82. The van der Waals surface area contributed by atoms with Crippen molar-refractivity contribution in [1.29, 1.82) is 0 Å². The Morgan fingerprint density at radius 2 is 1.77 bits per heavy atom. The highest BCUT2D eigenvalue weighted by atomic mass is 32.1. The maximum Gasteiger partial charge on any atom is 0.278 e. The average Bonchev–Trinajstić information content (AvgIpc) is 3.32. The van der Waals surface area contributed by atoms with E-state index in [1.54, 1.807) is 18.2 Å². The van der Waals surface area contributed by atoms with E-state index in [4.69, 9.17) is 16.5 Å². The molecule has 0 aliphatic rings. The van der Waals surface area contributed by atoms with Crippen molar-refractivity contribution < 1.29 is 9.59 Å². The van der Waals surface area contributed by atoms with Gasteiger partial charge in [0.05, 0.1) is 16.4 Å². The number of thiophene rings is 1. The zero-order chi connectivity index (χ0) is 27.7. The minimum Gasteiger partial charge on any atom is -0.382 e. The Hall–Kier alpha value is -4.41. The first-order valence-electron chi connectivity index (χ1n) is 12.5. The molecule has 0 aliphatic heterocycles. The SMILES string of the molecule is CC(C)(C)c1ccc2nc3sc(C(=O)N[C@H](CN)c4cccc(NC(=O)c5nccnc5N)c4)cc3cc2c1. The molecule has 198 valence electrons. The van der Waals surface area contributed by atoms with Gasteiger partial charge >= 0.3 is 0 Å². The molecule has 0 saturated carbocycles. The smallest absolute Gasteiger partial charge is 0.278 e. The van der Waals surface area contributed by atoms with Gasteiger partial charge in [0.25, 0.3) is 11.8 Å². The molecule has 2 amide bonds. The van der Waals surface area contributed by atoms with E-state index < -0.39 is 11.9 Å². The molecule has 0 unspecified atom stereocenters. The molecular formula is C29H29N7O2S. The second-order valence-electron chi connectivity index (χ2n) is 10.3. The lowest BCUT2D eigenvalue weighted by atomic mass is 9.86. The highest BCUT2D eigenvalue weighted by molar-refractivity contribution is 7.20. The number of fused-ring (bicyclic) bond motifs is 2. The van der Waals surface area contributed by atoms with Crippen LogP contribution in [-0.2, 0) is 5.41 Å². The molecule has 9 nitrogen and oxygen atoms in total. The van der Waals surface area contributed by atoms with Gasteiger partial charge in [-0.25, -0.2) is 15.0 Å². The number of nitrogen functional groups attached to an aromatic ring is 1. The predicted octanol–water partition coefficient (Wildman–Crippen LogP) is 4.80. The van der Waals surface area contributed by atoms with Crippen molar-refractivity contribution in [3.8, 4) is 0 Å². The van der Waals surface area contributed by atoms with Crippen LogP contribution in [0.3, 0.4) is 0 Å². The Morgan fingerprint density at radius 1 is 0.974 bits per heavy atom. The van der Waals surface area contributed by atoms with E-state index in [9.17, 15) is 9.59 Å². The first-order valence-corrected chi connectivity index (χ1v) is 13.3. The fraction of sp³-hybridized carbons (Fsp3) is 0.207. The molecular weight excluding hydrogens is 510 g/mol. The van der Waals surface area contributed by atoms with Gasteiger partial charge in [-0.3, -0.25) is 9.59 Å². The van der Waals surface area contributed by atoms with Gasteiger partial charge in [0.2, 0.25) is 0 Å². The van der Waals surface area contributed by atoms with E-state index in [1.807, 2.05) is 18.2 Å². The number of amides is 2. The largest absolute Gasteiger partial charge is 0.382 e. The zero-order valence-corrected chi connectivity index (χ0v) is 22.7. The van der Waals surface area contributed by atoms with Crippen molar-refractivity contribution in [2.45, 2.75) is 32.2 Å². The second kappa shape index (κ2) is 10.4. The van der Waals surface area contributed by atoms with E-state index in [0.29, 0.717) is 10.6 Å². The number of carbonyl (C=O) groups excluding carboxylic acids is 2. The first-order chi connectivity index (χ1) is 18.6. The Kier molecular flexibility index (Phi) is 6.98. The summed E-state index contributed by atoms with van der Waals surface area (Å²) in [7, 11) is 0. The monoisotopic (exact) mass is 539 g/mol. The van der Waals surface area contributed by atoms with Gasteiger partial charge in [-0.2, -0.15) is 0 Å². The van der Waals surface area contributed by atoms with E-state index in [0.717, 1.165) is 26.7 Å². The number of anilines is 2. The average molecular weight is 540 g/mol. The molecule has 0 saturated heterocycles. The lowest BCUT2D eigenvalue weighted by Gasteiger charge is -2.19. The summed E-state index contributed by atoms with van der Waals surface area (Å²) in [5, 5.41) is 7.75. The molecule has 0 bridgehead atoms. The first kappa shape index (κ1) is 26.2. The van der Waals surface area contributed by atoms with E-state index >= 15 is 0 Å². The molecule has 1 atom stereocenters. The summed E-state index contributed by atoms with van der Waals surface area (Å²) in [6.45, 7) is 6.71. The number of pyridine rings is 1. The Morgan fingerprint density at radius 3 is 2.51 bits per heavy atom. The van der Waals surface area contributed by atoms with Crippen molar-refractivity contribution in [2.24, 2.45) is 5.73 Å². The number of hydrogen-bond acceptors (Lipinski definition) is 8. The van der Waals surface area contributed by atoms with Crippen LogP contribution in [0.15, 0.2) is 67.0 Å². The fourth-order valence-corrected chi connectivity index (χ4v) is 5.19. The molecule has 0 fully saturated rings. The number of benzene rings is 2. The lowest BCUT2D eigenvalue weighted by Crippen LogP contribution is -2.33. The van der Waals surface area contributed by atoms with Gasteiger partial charge in [-0.1, -0.05) is 39.0 Å². The van der Waals surface area contributed by atoms with Crippen LogP contribution in [0.5, 0.6) is 0 Å². The van der Waals surface area contributed by atoms with Crippen molar-refractivity contribution in [2.75, 3.05) is 17.6 Å². The highest BCUT2D eigenvalue weighted by Crippen LogP contribution is 2.31. The van der Waals surface area contributed by atoms with Crippen LogP contribution in [0, 0.1) is 0 Å². The van der Waals surface area contributed by atoms with Crippen LogP contribution < -0.4 is 22.1 Å². The van der Waals surface area contributed by atoms with Gasteiger partial charge in [-0.05, 0) is 52.9 Å². The van der Waals surface area contributed by atoms with Crippen LogP contribution in [0.2, 0.25) is 0 Å². The highest BCUT2D eigenvalue weighted by Gasteiger charge is 2.19. The zero-order valence-electron chi connectivity index (χ0n) is 21.9. The lowest BCUT2D eigenvalue weighted by molar-refractivity contribution is 0.0941. The van der Waals surface area contributed by atoms with Crippen LogP contribution in [0.25, 0.3) is 21.1 Å². The topological polar surface area (TPSA) is 149 Å². The van der Waals surface area contributed by atoms with Crippen LogP contribution in [0.1, 0.15) is 58.1 Å². The molecule has 39 heavy (non-hydrogen) atoms. The fourth-order valence-electron chi connectivity index (χ4n) is 4.27. The third-order valence-electron chi connectivity index (χ3n) is 6.42. The van der Waals surface area contributed by atoms with Crippen LogP contribution in [-0.4, -0.2) is 33.3 Å². The normalized spacial score (nSPS) is 12.4. The van der Waals surface area contributed by atoms with Gasteiger partial charge in [0, 0.05) is 35.4 Å². The minimum absolute atomic E-state index is 0.0309. The Labute approximate surface area is 229 Å². The van der Waals surface area contributed by atoms with Gasteiger partial charge in [0.1, 0.15) is 4.83 Å². The van der Waals surface area contributed by atoms with E-state index in [2.05, 4.69) is 59.6 Å². The van der Waals surface area contributed by atoms with E-state index in [-0.39, 0.29) is 29.4 Å². The number of carbonyl (C=O) groups is 2. The molecule has 0 aliphatic carbocycles. The quantitative estimate of drug-likeness (QED) is 0.242. The third kappa shape index (κ3) is 5.57. The standard InChI is InChI=1S/C29H29N7O2S/c1-29(2,3)19-7-8-21-17(12-19)11-18-14-23(39-28(18)36-21)26(37)35-22(15-30)16-5-4-6-20(13-16)34-27(38)24-25(31)33-10-9-32-24/h4-14,22H,15,30H2,1-3H3,(H2,31,33)(H,34,38)(H,35,37)/t22-/m1/s1. The van der Waals surface area contributed by atoms with Crippen molar-refractivity contribution in [3.63, 3.8) is 0 Å². The predicted molar refractivity (Wildman–Crippen MR) is 156 cm³/mol. The maximum absolute atomic E-state index is 13.2. The molecule has 5 aromatic rings. The number of nitrogens with two attached hydrogens (primary N) is 2. The third-order valence-corrected chi connectivity index (χ3v) is 7.46. The van der Waals surface area contributed by atoms with Gasteiger partial charge < -0.3 is 22.1 Å². The van der Waals surface area contributed by atoms with Crippen molar-refractivity contribution in [1.82, 2.24) is 20.3 Å². The molecule has 6 N–H and O–H groups in total. The molecule has 5 rings (SSSR count). The molecule has 2 aromatic carbocycles. The summed E-state index contributed by atoms with van der Waals surface area (Å²) in [6, 6.07) is 16.9.